The van der Waals surface area contributed by atoms with Crippen LogP contribution in [0.1, 0.15) is 25.8 Å². The molecule has 0 aromatic heterocycles. The molecule has 118 valence electrons. The largest absolute Gasteiger partial charge is 0.342 e. The van der Waals surface area contributed by atoms with Gasteiger partial charge in [-0.25, -0.2) is 4.39 Å². The maximum absolute atomic E-state index is 13.0. The summed E-state index contributed by atoms with van der Waals surface area (Å²) in [5.41, 5.74) is 0.253. The highest BCUT2D eigenvalue weighted by molar-refractivity contribution is 5.87. The van der Waals surface area contributed by atoms with Crippen molar-refractivity contribution >= 4 is 18.3 Å². The van der Waals surface area contributed by atoms with Gasteiger partial charge in [0.1, 0.15) is 5.82 Å². The van der Waals surface area contributed by atoms with E-state index < -0.39 is 5.41 Å². The van der Waals surface area contributed by atoms with Crippen LogP contribution in [-0.4, -0.2) is 37.5 Å². The lowest BCUT2D eigenvalue weighted by molar-refractivity contribution is -0.135. The van der Waals surface area contributed by atoms with E-state index in [-0.39, 0.29) is 24.1 Å². The average Bonchev–Trinajstić information content (AvgIpc) is 2.87. The van der Waals surface area contributed by atoms with Crippen LogP contribution in [0.5, 0.6) is 0 Å². The molecular formula is C16H24ClFN2O. The normalized spacial score (nSPS) is 18.5. The Bertz CT molecular complexity index is 476. The highest BCUT2D eigenvalue weighted by atomic mass is 35.5. The maximum atomic E-state index is 13.0. The molecule has 1 saturated heterocycles. The number of hydrogen-bond donors (Lipinski definition) is 1. The Balaban J connectivity index is 0.00000220. The van der Waals surface area contributed by atoms with Gasteiger partial charge >= 0.3 is 0 Å². The van der Waals surface area contributed by atoms with E-state index in [0.717, 1.165) is 31.6 Å². The second kappa shape index (κ2) is 7.23. The molecule has 0 spiro atoms. The molecule has 1 aliphatic heterocycles. The summed E-state index contributed by atoms with van der Waals surface area (Å²) in [5.74, 6) is 0.392. The summed E-state index contributed by atoms with van der Waals surface area (Å²) in [6.45, 7) is 6.39. The second-order valence-electron chi connectivity index (χ2n) is 6.10. The van der Waals surface area contributed by atoms with Crippen LogP contribution in [0.25, 0.3) is 0 Å². The van der Waals surface area contributed by atoms with Crippen LogP contribution in [0.15, 0.2) is 24.3 Å². The monoisotopic (exact) mass is 314 g/mol. The van der Waals surface area contributed by atoms with E-state index in [0.29, 0.717) is 5.92 Å². The Morgan fingerprint density at radius 1 is 1.38 bits per heavy atom. The molecule has 1 aliphatic rings. The molecule has 1 aromatic carbocycles. The quantitative estimate of drug-likeness (QED) is 0.926. The highest BCUT2D eigenvalue weighted by Crippen LogP contribution is 2.28. The number of halogens is 2. The zero-order valence-electron chi connectivity index (χ0n) is 12.9. The lowest BCUT2D eigenvalue weighted by Gasteiger charge is -2.30. The number of carbonyl (C=O) groups is 1. The molecule has 5 heteroatoms. The number of benzene rings is 1. The maximum Gasteiger partial charge on any atom is 0.232 e. The van der Waals surface area contributed by atoms with E-state index in [1.165, 1.54) is 12.1 Å². The third-order valence-electron chi connectivity index (χ3n) is 4.17. The van der Waals surface area contributed by atoms with Gasteiger partial charge in [0.25, 0.3) is 0 Å². The van der Waals surface area contributed by atoms with Gasteiger partial charge in [0.05, 0.1) is 5.41 Å². The minimum Gasteiger partial charge on any atom is -0.342 e. The topological polar surface area (TPSA) is 32.3 Å². The fourth-order valence-corrected chi connectivity index (χ4v) is 2.86. The lowest BCUT2D eigenvalue weighted by Crippen LogP contribution is -2.42. The molecule has 0 saturated carbocycles. The SMILES string of the molecule is CNCC1CCN(C(=O)C(C)(C)c2ccc(F)cc2)C1.Cl. The Kier molecular flexibility index (Phi) is 6.17. The second-order valence-corrected chi connectivity index (χ2v) is 6.10. The van der Waals surface area contributed by atoms with Gasteiger partial charge in [-0.1, -0.05) is 12.1 Å². The molecule has 0 radical (unpaired) electrons. The molecule has 21 heavy (non-hydrogen) atoms. The first-order valence-electron chi connectivity index (χ1n) is 7.15. The third kappa shape index (κ3) is 3.95. The predicted octanol–water partition coefficient (Wildman–Crippen LogP) is 2.59. The summed E-state index contributed by atoms with van der Waals surface area (Å²) in [6, 6.07) is 6.24. The molecule has 1 heterocycles. The van der Waals surface area contributed by atoms with Crippen molar-refractivity contribution in [3.8, 4) is 0 Å². The molecule has 1 atom stereocenters. The lowest BCUT2D eigenvalue weighted by atomic mass is 9.83. The van der Waals surface area contributed by atoms with Gasteiger partial charge in [-0.15, -0.1) is 12.4 Å². The fraction of sp³-hybridized carbons (Fsp3) is 0.562. The molecule has 3 nitrogen and oxygen atoms in total. The van der Waals surface area contributed by atoms with Gasteiger partial charge in [-0.05, 0) is 57.5 Å². The first kappa shape index (κ1) is 17.9. The average molecular weight is 315 g/mol. The van der Waals surface area contributed by atoms with Crippen LogP contribution in [-0.2, 0) is 10.2 Å². The van der Waals surface area contributed by atoms with E-state index in [1.807, 2.05) is 25.8 Å². The standard InChI is InChI=1S/C16H23FN2O.ClH/c1-16(2,13-4-6-14(17)7-5-13)15(20)19-9-8-12(11-19)10-18-3;/h4-7,12,18H,8-11H2,1-3H3;1H. The summed E-state index contributed by atoms with van der Waals surface area (Å²) in [4.78, 5) is 14.6. The van der Waals surface area contributed by atoms with Crippen LogP contribution in [0, 0.1) is 11.7 Å². The molecule has 1 unspecified atom stereocenters. The van der Waals surface area contributed by atoms with Crippen molar-refractivity contribution in [2.75, 3.05) is 26.7 Å². The van der Waals surface area contributed by atoms with E-state index in [2.05, 4.69) is 5.32 Å². The molecule has 1 aromatic rings. The predicted molar refractivity (Wildman–Crippen MR) is 85.3 cm³/mol. The van der Waals surface area contributed by atoms with E-state index in [9.17, 15) is 9.18 Å². The van der Waals surface area contributed by atoms with Crippen molar-refractivity contribution < 1.29 is 9.18 Å². The zero-order valence-corrected chi connectivity index (χ0v) is 13.7. The van der Waals surface area contributed by atoms with Crippen molar-refractivity contribution in [2.45, 2.75) is 25.7 Å². The molecule has 1 fully saturated rings. The summed E-state index contributed by atoms with van der Waals surface area (Å²) >= 11 is 0. The van der Waals surface area contributed by atoms with Gasteiger partial charge < -0.3 is 10.2 Å². The minimum absolute atomic E-state index is 0. The van der Waals surface area contributed by atoms with Gasteiger partial charge in [0.2, 0.25) is 5.91 Å². The van der Waals surface area contributed by atoms with Crippen LogP contribution < -0.4 is 5.32 Å². The number of likely N-dealkylation sites (tertiary alicyclic amines) is 1. The Labute approximate surface area is 132 Å². The van der Waals surface area contributed by atoms with Crippen molar-refractivity contribution in [1.82, 2.24) is 10.2 Å². The van der Waals surface area contributed by atoms with Crippen LogP contribution in [0.3, 0.4) is 0 Å². The van der Waals surface area contributed by atoms with E-state index >= 15 is 0 Å². The van der Waals surface area contributed by atoms with Crippen LogP contribution in [0.2, 0.25) is 0 Å². The first-order valence-corrected chi connectivity index (χ1v) is 7.15. The van der Waals surface area contributed by atoms with Gasteiger partial charge in [-0.3, -0.25) is 4.79 Å². The molecule has 1 N–H and O–H groups in total. The molecule has 0 aliphatic carbocycles. The molecule has 2 rings (SSSR count). The number of nitrogens with zero attached hydrogens (tertiary/aromatic N) is 1. The van der Waals surface area contributed by atoms with Crippen molar-refractivity contribution in [3.63, 3.8) is 0 Å². The zero-order chi connectivity index (χ0) is 14.8. The van der Waals surface area contributed by atoms with Crippen molar-refractivity contribution in [2.24, 2.45) is 5.92 Å². The summed E-state index contributed by atoms with van der Waals surface area (Å²) in [6.07, 6.45) is 1.05. The molecular weight excluding hydrogens is 291 g/mol. The number of amides is 1. The summed E-state index contributed by atoms with van der Waals surface area (Å²) < 4.78 is 13.0. The van der Waals surface area contributed by atoms with E-state index in [4.69, 9.17) is 0 Å². The molecule has 1 amide bonds. The molecule has 0 bridgehead atoms. The first-order chi connectivity index (χ1) is 9.45. The van der Waals surface area contributed by atoms with Crippen LogP contribution in [0.4, 0.5) is 4.39 Å². The Morgan fingerprint density at radius 3 is 2.57 bits per heavy atom. The van der Waals surface area contributed by atoms with Crippen molar-refractivity contribution in [1.29, 1.82) is 0 Å². The van der Waals surface area contributed by atoms with E-state index in [1.54, 1.807) is 12.1 Å². The minimum atomic E-state index is -0.609. The smallest absolute Gasteiger partial charge is 0.232 e. The Hall–Kier alpha value is -1.13. The summed E-state index contributed by atoms with van der Waals surface area (Å²) in [7, 11) is 1.94. The number of rotatable bonds is 4. The number of hydrogen-bond acceptors (Lipinski definition) is 2. The van der Waals surface area contributed by atoms with Gasteiger partial charge in [0.15, 0.2) is 0 Å². The number of nitrogens with one attached hydrogen (secondary N) is 1. The summed E-state index contributed by atoms with van der Waals surface area (Å²) in [5, 5.41) is 3.17. The Morgan fingerprint density at radius 2 is 2.00 bits per heavy atom. The third-order valence-corrected chi connectivity index (χ3v) is 4.17. The highest BCUT2D eigenvalue weighted by Gasteiger charge is 2.36. The van der Waals surface area contributed by atoms with Crippen LogP contribution >= 0.6 is 12.4 Å². The van der Waals surface area contributed by atoms with Crippen molar-refractivity contribution in [3.05, 3.63) is 35.6 Å². The fourth-order valence-electron chi connectivity index (χ4n) is 2.86. The number of carbonyl (C=O) groups excluding carboxylic acids is 1. The van der Waals surface area contributed by atoms with Gasteiger partial charge in [-0.2, -0.15) is 0 Å². The van der Waals surface area contributed by atoms with Gasteiger partial charge in [0, 0.05) is 13.1 Å².